The molecule has 0 radical (unpaired) electrons. The average molecular weight is 280 g/mol. The van der Waals surface area contributed by atoms with Crippen LogP contribution in [-0.2, 0) is 9.59 Å². The lowest BCUT2D eigenvalue weighted by Crippen LogP contribution is -2.51. The number of carbonyl (C=O) groups is 2. The molecule has 2 aliphatic carbocycles. The van der Waals surface area contributed by atoms with E-state index in [4.69, 9.17) is 0 Å². The van der Waals surface area contributed by atoms with Gasteiger partial charge in [0.05, 0.1) is 0 Å². The molecule has 0 saturated heterocycles. The van der Waals surface area contributed by atoms with Gasteiger partial charge in [0.2, 0.25) is 11.8 Å². The minimum atomic E-state index is -0.778. The van der Waals surface area contributed by atoms with Crippen LogP contribution in [0.2, 0.25) is 0 Å². The van der Waals surface area contributed by atoms with Gasteiger partial charge in [0.1, 0.15) is 5.41 Å². The molecule has 0 bridgehead atoms. The minimum Gasteiger partial charge on any atom is -0.352 e. The van der Waals surface area contributed by atoms with Crippen LogP contribution in [0.4, 0.5) is 0 Å². The third-order valence-electron chi connectivity index (χ3n) is 4.30. The van der Waals surface area contributed by atoms with E-state index in [9.17, 15) is 9.59 Å². The van der Waals surface area contributed by atoms with Crippen LogP contribution in [-0.4, -0.2) is 23.4 Å². The van der Waals surface area contributed by atoms with Crippen molar-refractivity contribution in [1.29, 1.82) is 0 Å². The van der Waals surface area contributed by atoms with Crippen LogP contribution in [0.5, 0.6) is 0 Å². The van der Waals surface area contributed by atoms with E-state index >= 15 is 0 Å². The van der Waals surface area contributed by atoms with Gasteiger partial charge in [-0.3, -0.25) is 9.59 Å². The van der Waals surface area contributed by atoms with Gasteiger partial charge in [-0.25, -0.2) is 0 Å². The Morgan fingerprint density at radius 2 is 1.50 bits per heavy atom. The summed E-state index contributed by atoms with van der Waals surface area (Å²) >= 11 is 0. The molecule has 0 aromatic rings. The zero-order chi connectivity index (χ0) is 14.8. The van der Waals surface area contributed by atoms with E-state index in [-0.39, 0.29) is 23.4 Å². The van der Waals surface area contributed by atoms with Crippen molar-refractivity contribution in [3.63, 3.8) is 0 Å². The molecule has 20 heavy (non-hydrogen) atoms. The van der Waals surface area contributed by atoms with E-state index in [1.165, 1.54) is 25.7 Å². The number of nitrogens with one attached hydrogen (secondary N) is 2. The van der Waals surface area contributed by atoms with Crippen molar-refractivity contribution in [3.8, 4) is 0 Å². The van der Waals surface area contributed by atoms with Crippen molar-refractivity contribution in [2.24, 2.45) is 5.41 Å². The summed E-state index contributed by atoms with van der Waals surface area (Å²) in [5.74, 6) is -0.151. The van der Waals surface area contributed by atoms with E-state index in [2.05, 4.69) is 10.6 Å². The Labute approximate surface area is 122 Å². The predicted molar refractivity (Wildman–Crippen MR) is 79.2 cm³/mol. The first kappa shape index (κ1) is 15.3. The highest BCUT2D eigenvalue weighted by molar-refractivity contribution is 6.08. The Morgan fingerprint density at radius 1 is 0.950 bits per heavy atom. The van der Waals surface area contributed by atoms with Crippen molar-refractivity contribution in [1.82, 2.24) is 10.6 Å². The Hall–Kier alpha value is -1.06. The maximum Gasteiger partial charge on any atom is 0.236 e. The normalized spacial score (nSPS) is 22.8. The molecule has 4 heteroatoms. The zero-order valence-corrected chi connectivity index (χ0v) is 13.1. The van der Waals surface area contributed by atoms with Gasteiger partial charge in [-0.05, 0) is 46.5 Å². The molecule has 2 aliphatic rings. The van der Waals surface area contributed by atoms with Crippen LogP contribution in [0.1, 0.15) is 72.1 Å². The highest BCUT2D eigenvalue weighted by Gasteiger charge is 2.57. The van der Waals surface area contributed by atoms with Gasteiger partial charge in [0.25, 0.3) is 0 Å². The summed E-state index contributed by atoms with van der Waals surface area (Å²) in [6.45, 7) is 5.85. The second-order valence-electron chi connectivity index (χ2n) is 7.45. The lowest BCUT2D eigenvalue weighted by Gasteiger charge is -2.26. The predicted octanol–water partition coefficient (Wildman–Crippen LogP) is 2.52. The molecule has 0 unspecified atom stereocenters. The maximum atomic E-state index is 12.5. The molecule has 2 N–H and O–H groups in total. The molecule has 0 aromatic carbocycles. The second-order valence-corrected chi connectivity index (χ2v) is 7.45. The summed E-state index contributed by atoms with van der Waals surface area (Å²) in [6, 6.07) is 0.268. The first-order chi connectivity index (χ1) is 9.33. The fourth-order valence-electron chi connectivity index (χ4n) is 2.89. The van der Waals surface area contributed by atoms with E-state index < -0.39 is 5.41 Å². The lowest BCUT2D eigenvalue weighted by atomic mass is 10.00. The van der Waals surface area contributed by atoms with Crippen molar-refractivity contribution < 1.29 is 9.59 Å². The van der Waals surface area contributed by atoms with Crippen molar-refractivity contribution in [2.45, 2.75) is 83.7 Å². The fraction of sp³-hybridized carbons (Fsp3) is 0.875. The molecule has 114 valence electrons. The molecule has 2 saturated carbocycles. The van der Waals surface area contributed by atoms with E-state index in [0.717, 1.165) is 12.8 Å². The third-order valence-corrected chi connectivity index (χ3v) is 4.30. The third kappa shape index (κ3) is 3.74. The zero-order valence-electron chi connectivity index (χ0n) is 13.1. The van der Waals surface area contributed by atoms with Gasteiger partial charge in [0, 0.05) is 11.6 Å². The van der Waals surface area contributed by atoms with Crippen LogP contribution >= 0.6 is 0 Å². The molecule has 2 rings (SSSR count). The summed E-state index contributed by atoms with van der Waals surface area (Å²) < 4.78 is 0. The number of hydrogen-bond acceptors (Lipinski definition) is 2. The van der Waals surface area contributed by atoms with Crippen molar-refractivity contribution in [2.75, 3.05) is 0 Å². The molecule has 0 aromatic heterocycles. The summed E-state index contributed by atoms with van der Waals surface area (Å²) in [4.78, 5) is 24.8. The topological polar surface area (TPSA) is 58.2 Å². The molecule has 2 fully saturated rings. The molecule has 0 heterocycles. The highest BCUT2D eigenvalue weighted by atomic mass is 16.2. The largest absolute Gasteiger partial charge is 0.352 e. The van der Waals surface area contributed by atoms with E-state index in [0.29, 0.717) is 12.8 Å². The maximum absolute atomic E-state index is 12.5. The lowest BCUT2D eigenvalue weighted by molar-refractivity contribution is -0.138. The van der Waals surface area contributed by atoms with Crippen molar-refractivity contribution >= 4 is 11.8 Å². The number of amides is 2. The summed E-state index contributed by atoms with van der Waals surface area (Å²) in [5, 5.41) is 6.08. The smallest absolute Gasteiger partial charge is 0.236 e. The first-order valence-electron chi connectivity index (χ1n) is 7.97. The van der Waals surface area contributed by atoms with Crippen LogP contribution in [0.15, 0.2) is 0 Å². The molecule has 0 atom stereocenters. The standard InChI is InChI=1S/C16H28N2O2/c1-15(2,3)18-14(20)16(10-11-16)13(19)17-12-8-6-4-5-7-9-12/h12H,4-11H2,1-3H3,(H,17,19)(H,18,20). The average Bonchev–Trinajstić information content (AvgIpc) is 3.12. The second kappa shape index (κ2) is 5.74. The monoisotopic (exact) mass is 280 g/mol. The Morgan fingerprint density at radius 3 is 1.95 bits per heavy atom. The Kier molecular flexibility index (Phi) is 4.40. The number of rotatable bonds is 3. The van der Waals surface area contributed by atoms with Gasteiger partial charge in [-0.2, -0.15) is 0 Å². The van der Waals surface area contributed by atoms with Gasteiger partial charge in [0.15, 0.2) is 0 Å². The van der Waals surface area contributed by atoms with Crippen molar-refractivity contribution in [3.05, 3.63) is 0 Å². The molecule has 4 nitrogen and oxygen atoms in total. The van der Waals surface area contributed by atoms with Gasteiger partial charge >= 0.3 is 0 Å². The molecule has 2 amide bonds. The minimum absolute atomic E-state index is 0.0499. The number of carbonyl (C=O) groups excluding carboxylic acids is 2. The molecule has 0 aliphatic heterocycles. The van der Waals surface area contributed by atoms with Gasteiger partial charge in [-0.15, -0.1) is 0 Å². The fourth-order valence-corrected chi connectivity index (χ4v) is 2.89. The van der Waals surface area contributed by atoms with Crippen LogP contribution in [0.3, 0.4) is 0 Å². The van der Waals surface area contributed by atoms with E-state index in [1.54, 1.807) is 0 Å². The quantitative estimate of drug-likeness (QED) is 0.616. The van der Waals surface area contributed by atoms with Crippen LogP contribution in [0, 0.1) is 5.41 Å². The SMILES string of the molecule is CC(C)(C)NC(=O)C1(C(=O)NC2CCCCCC2)CC1. The first-order valence-corrected chi connectivity index (χ1v) is 7.97. The van der Waals surface area contributed by atoms with Crippen LogP contribution in [0.25, 0.3) is 0 Å². The summed E-state index contributed by atoms with van der Waals surface area (Å²) in [7, 11) is 0. The summed E-state index contributed by atoms with van der Waals surface area (Å²) in [5.41, 5.74) is -1.06. The summed E-state index contributed by atoms with van der Waals surface area (Å²) in [6.07, 6.45) is 8.40. The van der Waals surface area contributed by atoms with E-state index in [1.807, 2.05) is 20.8 Å². The highest BCUT2D eigenvalue weighted by Crippen LogP contribution is 2.46. The van der Waals surface area contributed by atoms with Gasteiger partial charge < -0.3 is 10.6 Å². The Balaban J connectivity index is 1.92. The Bertz CT molecular complexity index is 372. The number of hydrogen-bond donors (Lipinski definition) is 2. The van der Waals surface area contributed by atoms with Gasteiger partial charge in [-0.1, -0.05) is 25.7 Å². The molecular formula is C16H28N2O2. The molecular weight excluding hydrogens is 252 g/mol. The van der Waals surface area contributed by atoms with Crippen LogP contribution < -0.4 is 10.6 Å². The molecule has 0 spiro atoms.